The molecule has 0 aliphatic heterocycles. The molecule has 0 fully saturated rings. The Morgan fingerprint density at radius 3 is 1.07 bits per heavy atom. The van der Waals surface area contributed by atoms with Crippen molar-refractivity contribution in [1.29, 1.82) is 0 Å². The molecule has 0 spiro atoms. The van der Waals surface area contributed by atoms with Crippen LogP contribution in [0.25, 0.3) is 75.8 Å². The summed E-state index contributed by atoms with van der Waals surface area (Å²) in [6, 6.07) is 61.4. The zero-order chi connectivity index (χ0) is 28.6. The quantitative estimate of drug-likeness (QED) is 0.195. The molecular weight excluding hydrogens is 537 g/mol. The lowest BCUT2D eigenvalue weighted by Gasteiger charge is -2.17. The van der Waals surface area contributed by atoms with Crippen LogP contribution in [-0.4, -0.2) is 0 Å². The van der Waals surface area contributed by atoms with Crippen LogP contribution in [0.2, 0.25) is 0 Å². The van der Waals surface area contributed by atoms with Gasteiger partial charge in [0.25, 0.3) is 0 Å². The molecule has 1 aromatic heterocycles. The summed E-state index contributed by atoms with van der Waals surface area (Å²) in [6.45, 7) is 0. The van der Waals surface area contributed by atoms with E-state index in [1.54, 1.807) is 0 Å². The zero-order valence-electron chi connectivity index (χ0n) is 23.6. The van der Waals surface area contributed by atoms with E-state index in [1.165, 1.54) is 75.8 Å². The van der Waals surface area contributed by atoms with Gasteiger partial charge < -0.3 is 0 Å². The van der Waals surface area contributed by atoms with Crippen molar-refractivity contribution in [3.63, 3.8) is 0 Å². The van der Waals surface area contributed by atoms with Crippen LogP contribution in [0.3, 0.4) is 0 Å². The highest BCUT2D eigenvalue weighted by Gasteiger charge is 2.18. The van der Waals surface area contributed by atoms with Gasteiger partial charge in [0.1, 0.15) is 0 Å². The number of rotatable bonds is 5. The van der Waals surface area contributed by atoms with E-state index in [9.17, 15) is 0 Å². The topological polar surface area (TPSA) is 0 Å². The second-order valence-electron chi connectivity index (χ2n) is 10.8. The Morgan fingerprint density at radius 2 is 0.558 bits per heavy atom. The maximum Gasteiger partial charge on any atom is 0.0434 e. The lowest BCUT2D eigenvalue weighted by atomic mass is 9.86. The first-order valence-corrected chi connectivity index (χ1v) is 15.5. The number of hydrogen-bond acceptors (Lipinski definition) is 1. The Labute approximate surface area is 256 Å². The summed E-state index contributed by atoms with van der Waals surface area (Å²) in [6.07, 6.45) is 0. The summed E-state index contributed by atoms with van der Waals surface area (Å²) in [5, 5.41) is 2.63. The van der Waals surface area contributed by atoms with Gasteiger partial charge in [-0.3, -0.25) is 0 Å². The van der Waals surface area contributed by atoms with Gasteiger partial charge in [-0.15, -0.1) is 11.3 Å². The molecule has 0 aliphatic rings. The number of hydrogen-bond donors (Lipinski definition) is 0. The minimum Gasteiger partial charge on any atom is -0.134 e. The van der Waals surface area contributed by atoms with Gasteiger partial charge in [0.15, 0.2) is 0 Å². The molecule has 1 heterocycles. The first-order valence-electron chi connectivity index (χ1n) is 14.7. The fourth-order valence-corrected chi connectivity index (χ4v) is 7.73. The van der Waals surface area contributed by atoms with E-state index in [1.807, 2.05) is 11.3 Å². The molecule has 1 heteroatoms. The lowest BCUT2D eigenvalue weighted by molar-refractivity contribution is 1.56. The maximum atomic E-state index is 2.29. The summed E-state index contributed by atoms with van der Waals surface area (Å²) in [7, 11) is 0. The molecule has 0 unspecified atom stereocenters. The van der Waals surface area contributed by atoms with Crippen LogP contribution in [0.1, 0.15) is 0 Å². The summed E-state index contributed by atoms with van der Waals surface area (Å²) in [4.78, 5) is 0. The van der Waals surface area contributed by atoms with E-state index in [0.29, 0.717) is 0 Å². The highest BCUT2D eigenvalue weighted by molar-refractivity contribution is 7.26. The van der Waals surface area contributed by atoms with Crippen LogP contribution >= 0.6 is 11.3 Å². The summed E-state index contributed by atoms with van der Waals surface area (Å²) in [5.41, 5.74) is 12.5. The molecule has 202 valence electrons. The SMILES string of the molecule is c1ccc(-c2ccccc2-c2ccccc2-c2ccccc2-c2cccc3c2sc2c(-c4ccccc4)cccc23)cc1. The third-order valence-electron chi connectivity index (χ3n) is 8.35. The zero-order valence-corrected chi connectivity index (χ0v) is 24.4. The molecule has 0 amide bonds. The van der Waals surface area contributed by atoms with E-state index in [0.717, 1.165) is 0 Å². The molecule has 0 radical (unpaired) electrons. The molecule has 0 saturated carbocycles. The van der Waals surface area contributed by atoms with Gasteiger partial charge in [0.2, 0.25) is 0 Å². The molecular formula is C42H28S. The van der Waals surface area contributed by atoms with Crippen molar-refractivity contribution in [1.82, 2.24) is 0 Å². The Morgan fingerprint density at radius 1 is 0.233 bits per heavy atom. The molecule has 0 atom stereocenters. The smallest absolute Gasteiger partial charge is 0.0434 e. The molecule has 0 bridgehead atoms. The van der Waals surface area contributed by atoms with Crippen LogP contribution in [0, 0.1) is 0 Å². The van der Waals surface area contributed by atoms with Gasteiger partial charge in [-0.1, -0.05) is 170 Å². The Bertz CT molecular complexity index is 2220. The highest BCUT2D eigenvalue weighted by Crippen LogP contribution is 2.47. The first-order chi connectivity index (χ1) is 21.4. The molecule has 43 heavy (non-hydrogen) atoms. The van der Waals surface area contributed by atoms with Crippen molar-refractivity contribution in [3.05, 3.63) is 170 Å². The molecule has 0 nitrogen and oxygen atoms in total. The van der Waals surface area contributed by atoms with Crippen molar-refractivity contribution in [3.8, 4) is 55.6 Å². The summed E-state index contributed by atoms with van der Waals surface area (Å²) >= 11 is 1.91. The van der Waals surface area contributed by atoms with E-state index >= 15 is 0 Å². The van der Waals surface area contributed by atoms with E-state index < -0.39 is 0 Å². The summed E-state index contributed by atoms with van der Waals surface area (Å²) < 4.78 is 2.67. The third-order valence-corrected chi connectivity index (χ3v) is 9.63. The predicted octanol–water partition coefficient (Wildman–Crippen LogP) is 12.4. The third kappa shape index (κ3) is 4.46. The first kappa shape index (κ1) is 25.5. The minimum atomic E-state index is 1.23. The molecule has 8 aromatic rings. The fraction of sp³-hybridized carbons (Fsp3) is 0. The Hall–Kier alpha value is -5.24. The predicted molar refractivity (Wildman–Crippen MR) is 187 cm³/mol. The van der Waals surface area contributed by atoms with E-state index in [-0.39, 0.29) is 0 Å². The Balaban J connectivity index is 1.34. The monoisotopic (exact) mass is 564 g/mol. The van der Waals surface area contributed by atoms with Crippen molar-refractivity contribution >= 4 is 31.5 Å². The second-order valence-corrected chi connectivity index (χ2v) is 11.9. The average molecular weight is 565 g/mol. The van der Waals surface area contributed by atoms with Gasteiger partial charge in [0, 0.05) is 25.7 Å². The number of fused-ring (bicyclic) bond motifs is 3. The average Bonchev–Trinajstić information content (AvgIpc) is 3.48. The lowest BCUT2D eigenvalue weighted by Crippen LogP contribution is -1.91. The Kier molecular flexibility index (Phi) is 6.44. The number of benzene rings is 7. The van der Waals surface area contributed by atoms with Gasteiger partial charge >= 0.3 is 0 Å². The van der Waals surface area contributed by atoms with Gasteiger partial charge in [-0.05, 0) is 50.1 Å². The molecule has 0 N–H and O–H groups in total. The van der Waals surface area contributed by atoms with Crippen LogP contribution in [-0.2, 0) is 0 Å². The minimum absolute atomic E-state index is 1.23. The van der Waals surface area contributed by atoms with Crippen molar-refractivity contribution in [2.45, 2.75) is 0 Å². The largest absolute Gasteiger partial charge is 0.134 e. The molecule has 7 aromatic carbocycles. The van der Waals surface area contributed by atoms with Crippen LogP contribution in [0.4, 0.5) is 0 Å². The van der Waals surface area contributed by atoms with Gasteiger partial charge in [-0.25, -0.2) is 0 Å². The molecule has 0 saturated heterocycles. The van der Waals surface area contributed by atoms with Crippen LogP contribution in [0.15, 0.2) is 170 Å². The maximum absolute atomic E-state index is 2.29. The van der Waals surface area contributed by atoms with Crippen molar-refractivity contribution < 1.29 is 0 Å². The normalized spacial score (nSPS) is 11.3. The molecule has 8 rings (SSSR count). The van der Waals surface area contributed by atoms with Crippen molar-refractivity contribution in [2.24, 2.45) is 0 Å². The van der Waals surface area contributed by atoms with E-state index in [4.69, 9.17) is 0 Å². The standard InChI is InChI=1S/C42H28S/c1-3-15-29(16-4-1)31-19-7-8-20-33(31)34-21-9-10-22-35(34)36-23-11-12-24-37(36)38-26-14-28-40-39-27-13-25-32(41(39)43-42(38)40)30-17-5-2-6-18-30/h1-28H. The fourth-order valence-electron chi connectivity index (χ4n) is 6.37. The van der Waals surface area contributed by atoms with Crippen molar-refractivity contribution in [2.75, 3.05) is 0 Å². The van der Waals surface area contributed by atoms with Gasteiger partial charge in [0.05, 0.1) is 0 Å². The van der Waals surface area contributed by atoms with Gasteiger partial charge in [-0.2, -0.15) is 0 Å². The van der Waals surface area contributed by atoms with E-state index in [2.05, 4.69) is 170 Å². The van der Waals surface area contributed by atoms with Crippen LogP contribution in [0.5, 0.6) is 0 Å². The highest BCUT2D eigenvalue weighted by atomic mass is 32.1. The molecule has 0 aliphatic carbocycles. The second kappa shape index (κ2) is 10.9. The number of thiophene rings is 1. The van der Waals surface area contributed by atoms with Crippen LogP contribution < -0.4 is 0 Å². The summed E-state index contributed by atoms with van der Waals surface area (Å²) in [5.74, 6) is 0.